The van der Waals surface area contributed by atoms with Crippen molar-refractivity contribution >= 4 is 29.3 Å². The number of ether oxygens (including phenoxy) is 1. The fraction of sp³-hybridized carbons (Fsp3) is 0.611. The van der Waals surface area contributed by atoms with E-state index in [2.05, 4.69) is 10.2 Å². The molecule has 1 aromatic rings. The lowest BCUT2D eigenvalue weighted by atomic mass is 9.88. The number of hydrogen-bond acceptors (Lipinski definition) is 5. The van der Waals surface area contributed by atoms with Crippen LogP contribution in [0.4, 0.5) is 4.79 Å². The molecule has 1 heterocycles. The Labute approximate surface area is 164 Å². The van der Waals surface area contributed by atoms with Gasteiger partial charge in [-0.25, -0.2) is 4.79 Å². The molecule has 146 valence electrons. The van der Waals surface area contributed by atoms with Crippen LogP contribution in [-0.4, -0.2) is 52.0 Å². The molecule has 0 aromatic heterocycles. The number of halogens is 2. The predicted octanol–water partition coefficient (Wildman–Crippen LogP) is 3.55. The molecule has 3 N–H and O–H groups in total. The maximum Gasteiger partial charge on any atom is 0.408 e. The number of amides is 1. The Bertz CT molecular complexity index is 653. The number of aliphatic hydroxyl groups excluding tert-OH is 1. The van der Waals surface area contributed by atoms with E-state index in [1.165, 1.54) is 6.07 Å². The van der Waals surface area contributed by atoms with Gasteiger partial charge in [-0.3, -0.25) is 4.90 Å². The van der Waals surface area contributed by atoms with Crippen molar-refractivity contribution in [2.24, 2.45) is 0 Å². The molecule has 0 unspecified atom stereocenters. The zero-order valence-corrected chi connectivity index (χ0v) is 16.8. The van der Waals surface area contributed by atoms with E-state index in [0.717, 1.165) is 0 Å². The third-order valence-electron chi connectivity index (χ3n) is 4.40. The molecule has 1 amide bonds. The van der Waals surface area contributed by atoms with E-state index in [1.54, 1.807) is 26.8 Å². The third kappa shape index (κ3) is 5.64. The van der Waals surface area contributed by atoms with Gasteiger partial charge in [0.05, 0.1) is 22.2 Å². The SMILES string of the molecule is CC(C)(C)OC(=O)NC1(CO)CCN(Cc2cc(Cl)c(Cl)cc2O)CC1. The molecule has 8 heteroatoms. The Balaban J connectivity index is 1.96. The highest BCUT2D eigenvalue weighted by Gasteiger charge is 2.36. The Morgan fingerprint density at radius 3 is 2.38 bits per heavy atom. The fourth-order valence-electron chi connectivity index (χ4n) is 2.93. The number of hydrogen-bond donors (Lipinski definition) is 3. The molecule has 2 rings (SSSR count). The minimum Gasteiger partial charge on any atom is -0.508 e. The monoisotopic (exact) mass is 404 g/mol. The molecule has 1 aromatic carbocycles. The number of alkyl carbamates (subject to hydrolysis) is 1. The predicted molar refractivity (Wildman–Crippen MR) is 102 cm³/mol. The van der Waals surface area contributed by atoms with Gasteiger partial charge >= 0.3 is 6.09 Å². The van der Waals surface area contributed by atoms with Crippen LogP contribution in [0.25, 0.3) is 0 Å². The van der Waals surface area contributed by atoms with Crippen LogP contribution in [0.3, 0.4) is 0 Å². The first-order valence-electron chi connectivity index (χ1n) is 8.55. The number of nitrogens with one attached hydrogen (secondary N) is 1. The van der Waals surface area contributed by atoms with E-state index >= 15 is 0 Å². The molecule has 0 radical (unpaired) electrons. The standard InChI is InChI=1S/C18H26Cl2N2O4/c1-17(2,3)26-16(25)21-18(11-23)4-6-22(7-5-18)10-12-8-13(19)14(20)9-15(12)24/h8-9,23-24H,4-7,10-11H2,1-3H3,(H,21,25). The lowest BCUT2D eigenvalue weighted by molar-refractivity contribution is 0.0264. The highest BCUT2D eigenvalue weighted by molar-refractivity contribution is 6.42. The summed E-state index contributed by atoms with van der Waals surface area (Å²) in [7, 11) is 0. The molecule has 26 heavy (non-hydrogen) atoms. The summed E-state index contributed by atoms with van der Waals surface area (Å²) in [6.45, 7) is 7.04. The van der Waals surface area contributed by atoms with Crippen molar-refractivity contribution in [1.29, 1.82) is 0 Å². The van der Waals surface area contributed by atoms with Crippen molar-refractivity contribution < 1.29 is 19.7 Å². The number of benzene rings is 1. The average Bonchev–Trinajstić information content (AvgIpc) is 2.52. The van der Waals surface area contributed by atoms with Gasteiger partial charge in [-0.05, 0) is 39.7 Å². The molecule has 0 saturated carbocycles. The summed E-state index contributed by atoms with van der Waals surface area (Å²) in [6, 6.07) is 3.09. The molecular weight excluding hydrogens is 379 g/mol. The first-order valence-corrected chi connectivity index (χ1v) is 9.30. The number of aromatic hydroxyl groups is 1. The summed E-state index contributed by atoms with van der Waals surface area (Å²) in [6.07, 6.45) is 0.623. The van der Waals surface area contributed by atoms with Gasteiger partial charge < -0.3 is 20.3 Å². The number of rotatable bonds is 4. The second-order valence-corrected chi connectivity index (χ2v) is 8.55. The number of phenols is 1. The van der Waals surface area contributed by atoms with E-state index in [0.29, 0.717) is 48.1 Å². The van der Waals surface area contributed by atoms with Crippen molar-refractivity contribution in [3.63, 3.8) is 0 Å². The molecule has 1 aliphatic rings. The van der Waals surface area contributed by atoms with E-state index in [1.807, 2.05) is 0 Å². The minimum absolute atomic E-state index is 0.102. The zero-order chi connectivity index (χ0) is 19.5. The topological polar surface area (TPSA) is 82.0 Å². The number of aliphatic hydroxyl groups is 1. The van der Waals surface area contributed by atoms with Crippen LogP contribution in [0.1, 0.15) is 39.2 Å². The summed E-state index contributed by atoms with van der Waals surface area (Å²) in [4.78, 5) is 14.2. The number of piperidine rings is 1. The Hall–Kier alpha value is -1.21. The molecule has 0 aliphatic carbocycles. The van der Waals surface area contributed by atoms with Crippen LogP contribution in [0, 0.1) is 0 Å². The van der Waals surface area contributed by atoms with Crippen molar-refractivity contribution in [3.05, 3.63) is 27.7 Å². The largest absolute Gasteiger partial charge is 0.508 e. The van der Waals surface area contributed by atoms with Gasteiger partial charge in [0.1, 0.15) is 11.4 Å². The Morgan fingerprint density at radius 1 is 1.27 bits per heavy atom. The quantitative estimate of drug-likeness (QED) is 0.714. The van der Waals surface area contributed by atoms with E-state index in [4.69, 9.17) is 27.9 Å². The summed E-state index contributed by atoms with van der Waals surface area (Å²) in [5.41, 5.74) is -0.596. The number of nitrogens with zero attached hydrogens (tertiary/aromatic N) is 1. The van der Waals surface area contributed by atoms with Crippen LogP contribution in [0.5, 0.6) is 5.75 Å². The number of carbonyl (C=O) groups is 1. The second-order valence-electron chi connectivity index (χ2n) is 7.74. The highest BCUT2D eigenvalue weighted by Crippen LogP contribution is 2.32. The summed E-state index contributed by atoms with van der Waals surface area (Å²) >= 11 is 11.9. The van der Waals surface area contributed by atoms with Crippen LogP contribution >= 0.6 is 23.2 Å². The lowest BCUT2D eigenvalue weighted by Crippen LogP contribution is -2.58. The normalized spacial score (nSPS) is 17.8. The molecule has 0 atom stereocenters. The van der Waals surface area contributed by atoms with Gasteiger partial charge in [0, 0.05) is 31.3 Å². The van der Waals surface area contributed by atoms with Crippen LogP contribution < -0.4 is 5.32 Å². The average molecular weight is 405 g/mol. The van der Waals surface area contributed by atoms with E-state index < -0.39 is 17.2 Å². The molecule has 1 saturated heterocycles. The van der Waals surface area contributed by atoms with Gasteiger partial charge in [-0.1, -0.05) is 23.2 Å². The van der Waals surface area contributed by atoms with Gasteiger partial charge in [0.25, 0.3) is 0 Å². The molecule has 1 aliphatic heterocycles. The van der Waals surface area contributed by atoms with Gasteiger partial charge in [0.15, 0.2) is 0 Å². The maximum atomic E-state index is 12.1. The van der Waals surface area contributed by atoms with Gasteiger partial charge in [-0.2, -0.15) is 0 Å². The van der Waals surface area contributed by atoms with Crippen molar-refractivity contribution in [2.45, 2.75) is 51.3 Å². The first-order chi connectivity index (χ1) is 12.0. The number of likely N-dealkylation sites (tertiary alicyclic amines) is 1. The number of carbonyl (C=O) groups excluding carboxylic acids is 1. The Morgan fingerprint density at radius 2 is 1.85 bits per heavy atom. The van der Waals surface area contributed by atoms with Crippen LogP contribution in [0.15, 0.2) is 12.1 Å². The van der Waals surface area contributed by atoms with Gasteiger partial charge in [-0.15, -0.1) is 0 Å². The summed E-state index contributed by atoms with van der Waals surface area (Å²) < 4.78 is 5.29. The van der Waals surface area contributed by atoms with E-state index in [9.17, 15) is 15.0 Å². The van der Waals surface area contributed by atoms with Crippen molar-refractivity contribution in [2.75, 3.05) is 19.7 Å². The third-order valence-corrected chi connectivity index (χ3v) is 5.12. The molecule has 0 bridgehead atoms. The summed E-state index contributed by atoms with van der Waals surface area (Å²) in [5.74, 6) is 0.102. The Kier molecular flexibility index (Phi) is 6.66. The first kappa shape index (κ1) is 21.1. The molecule has 6 nitrogen and oxygen atoms in total. The van der Waals surface area contributed by atoms with Crippen LogP contribution in [0.2, 0.25) is 10.0 Å². The number of phenolic OH excluding ortho intramolecular Hbond substituents is 1. The molecule has 1 fully saturated rings. The van der Waals surface area contributed by atoms with Gasteiger partial charge in [0.2, 0.25) is 0 Å². The van der Waals surface area contributed by atoms with Crippen LogP contribution in [-0.2, 0) is 11.3 Å². The minimum atomic E-state index is -0.696. The zero-order valence-electron chi connectivity index (χ0n) is 15.3. The highest BCUT2D eigenvalue weighted by atomic mass is 35.5. The molecular formula is C18H26Cl2N2O4. The fourth-order valence-corrected chi connectivity index (χ4v) is 3.27. The lowest BCUT2D eigenvalue weighted by Gasteiger charge is -2.41. The smallest absolute Gasteiger partial charge is 0.408 e. The summed E-state index contributed by atoms with van der Waals surface area (Å²) in [5, 5.41) is 23.4. The van der Waals surface area contributed by atoms with E-state index in [-0.39, 0.29) is 12.4 Å². The van der Waals surface area contributed by atoms with Crippen molar-refractivity contribution in [3.8, 4) is 5.75 Å². The second kappa shape index (κ2) is 8.21. The molecule has 0 spiro atoms. The maximum absolute atomic E-state index is 12.1. The van der Waals surface area contributed by atoms with Crippen molar-refractivity contribution in [1.82, 2.24) is 10.2 Å².